The number of benzene rings is 3. The van der Waals surface area contributed by atoms with Crippen LogP contribution in [0.25, 0.3) is 0 Å². The number of hydrogen-bond donors (Lipinski definition) is 3. The number of carbonyl (C=O) groups is 4. The molecule has 0 spiro atoms. The summed E-state index contributed by atoms with van der Waals surface area (Å²) in [7, 11) is 0. The maximum Gasteiger partial charge on any atom is 0.436 e. The van der Waals surface area contributed by atoms with Crippen molar-refractivity contribution in [2.75, 3.05) is 19.7 Å². The Kier molecular flexibility index (Phi) is 13.4. The molecule has 12 nitrogen and oxygen atoms in total. The molecular formula is C41H52N4O8. The van der Waals surface area contributed by atoms with Crippen molar-refractivity contribution >= 4 is 23.8 Å². The molecule has 0 saturated carbocycles. The Morgan fingerprint density at radius 3 is 2.08 bits per heavy atom. The second kappa shape index (κ2) is 18.1. The van der Waals surface area contributed by atoms with E-state index in [4.69, 9.17) is 9.57 Å². The normalized spacial score (nSPS) is 19.4. The number of phenolic OH excluding ortho intramolecular Hbond substituents is 2. The highest BCUT2D eigenvalue weighted by Gasteiger charge is 2.55. The Hall–Kier alpha value is -5.10. The van der Waals surface area contributed by atoms with Gasteiger partial charge in [-0.15, -0.1) is 0 Å². The standard InChI is InChI=1S/C41H52N4O8/c1-27(2)9-8-21-42-38(48)34(23-28(3)4)43-26-37-44(35(39(43)49)24-31-14-18-33(47)19-15-31)40(50)36(25-30-10-6-5-7-11-30)53-45(37)41(51)52-22-20-29-12-16-32(46)17-13-29/h5-7,10-19,27-28,34-37,46-47H,8-9,20-26H2,1-4H3,(H,42,48)/t34-,35-,36+,37?/m0/s1. The van der Waals surface area contributed by atoms with Crippen LogP contribution in [0.15, 0.2) is 78.9 Å². The number of hydroxylamine groups is 2. The SMILES string of the molecule is CC(C)CCCNC(=O)[C@H](CC(C)C)N1CC2N(C(=O)OCCc3ccc(O)cc3)O[C@H](Cc3ccccc3)C(=O)N2[C@@H](Cc2ccc(O)cc2)C1=O. The van der Waals surface area contributed by atoms with Gasteiger partial charge >= 0.3 is 6.09 Å². The Balaban J connectivity index is 1.50. The summed E-state index contributed by atoms with van der Waals surface area (Å²) >= 11 is 0. The van der Waals surface area contributed by atoms with E-state index in [-0.39, 0.29) is 49.3 Å². The van der Waals surface area contributed by atoms with Crippen molar-refractivity contribution in [3.8, 4) is 11.5 Å². The van der Waals surface area contributed by atoms with E-state index < -0.39 is 42.3 Å². The molecule has 2 aliphatic rings. The first-order valence-corrected chi connectivity index (χ1v) is 18.5. The molecule has 12 heteroatoms. The minimum Gasteiger partial charge on any atom is -0.508 e. The fourth-order valence-corrected chi connectivity index (χ4v) is 6.86. The molecule has 3 N–H and O–H groups in total. The van der Waals surface area contributed by atoms with Crippen molar-refractivity contribution in [3.05, 3.63) is 95.6 Å². The Labute approximate surface area is 311 Å². The van der Waals surface area contributed by atoms with Crippen LogP contribution in [0.4, 0.5) is 4.79 Å². The van der Waals surface area contributed by atoms with E-state index in [9.17, 15) is 29.4 Å². The van der Waals surface area contributed by atoms with Crippen LogP contribution in [-0.4, -0.2) is 92.9 Å². The first-order chi connectivity index (χ1) is 25.4. The average Bonchev–Trinajstić information content (AvgIpc) is 3.13. The fourth-order valence-electron chi connectivity index (χ4n) is 6.86. The lowest BCUT2D eigenvalue weighted by Crippen LogP contribution is -2.75. The fraction of sp³-hybridized carbons (Fsp3) is 0.463. The van der Waals surface area contributed by atoms with Crippen molar-refractivity contribution in [2.45, 2.75) is 90.6 Å². The van der Waals surface area contributed by atoms with Gasteiger partial charge in [0.25, 0.3) is 5.91 Å². The summed E-state index contributed by atoms with van der Waals surface area (Å²) in [5, 5.41) is 23.7. The quantitative estimate of drug-likeness (QED) is 0.181. The van der Waals surface area contributed by atoms with Crippen molar-refractivity contribution < 1.29 is 39.0 Å². The average molecular weight is 729 g/mol. The summed E-state index contributed by atoms with van der Waals surface area (Å²) in [4.78, 5) is 66.3. The molecule has 4 amide bonds. The third-order valence-electron chi connectivity index (χ3n) is 9.62. The van der Waals surface area contributed by atoms with E-state index in [1.165, 1.54) is 21.9 Å². The van der Waals surface area contributed by atoms with Crippen LogP contribution in [0.3, 0.4) is 0 Å². The van der Waals surface area contributed by atoms with Gasteiger partial charge in [-0.05, 0) is 72.1 Å². The number of phenols is 2. The highest BCUT2D eigenvalue weighted by molar-refractivity contribution is 5.95. The number of carbonyl (C=O) groups excluding carboxylic acids is 4. The third kappa shape index (κ3) is 10.3. The molecule has 3 aromatic rings. The van der Waals surface area contributed by atoms with E-state index >= 15 is 0 Å². The number of aromatic hydroxyl groups is 2. The van der Waals surface area contributed by atoms with Gasteiger partial charge in [-0.3, -0.25) is 19.2 Å². The summed E-state index contributed by atoms with van der Waals surface area (Å²) in [5.41, 5.74) is 2.33. The predicted octanol–water partition coefficient (Wildman–Crippen LogP) is 5.21. The van der Waals surface area contributed by atoms with E-state index in [1.807, 2.05) is 44.2 Å². The van der Waals surface area contributed by atoms with Crippen LogP contribution in [0, 0.1) is 11.8 Å². The molecule has 53 heavy (non-hydrogen) atoms. The second-order valence-corrected chi connectivity index (χ2v) is 14.7. The Bertz CT molecular complexity index is 1680. The van der Waals surface area contributed by atoms with Crippen LogP contribution in [0.2, 0.25) is 0 Å². The van der Waals surface area contributed by atoms with E-state index in [1.54, 1.807) is 36.4 Å². The Morgan fingerprint density at radius 2 is 1.45 bits per heavy atom. The number of nitrogens with one attached hydrogen (secondary N) is 1. The lowest BCUT2D eigenvalue weighted by atomic mass is 9.94. The van der Waals surface area contributed by atoms with Gasteiger partial charge in [0.05, 0.1) is 13.2 Å². The van der Waals surface area contributed by atoms with Crippen molar-refractivity contribution in [1.82, 2.24) is 20.2 Å². The predicted molar refractivity (Wildman–Crippen MR) is 198 cm³/mol. The molecule has 2 saturated heterocycles. The van der Waals surface area contributed by atoms with Gasteiger partial charge in [0.2, 0.25) is 11.8 Å². The summed E-state index contributed by atoms with van der Waals surface area (Å²) in [5.74, 6) is -0.450. The number of ether oxygens (including phenoxy) is 1. The number of fused-ring (bicyclic) bond motifs is 1. The van der Waals surface area contributed by atoms with Gasteiger partial charge < -0.3 is 30.1 Å². The van der Waals surface area contributed by atoms with E-state index in [2.05, 4.69) is 19.2 Å². The van der Waals surface area contributed by atoms with Gasteiger partial charge in [0.1, 0.15) is 23.6 Å². The van der Waals surface area contributed by atoms with Gasteiger partial charge in [0, 0.05) is 25.8 Å². The first-order valence-electron chi connectivity index (χ1n) is 18.5. The van der Waals surface area contributed by atoms with Crippen molar-refractivity contribution in [3.63, 3.8) is 0 Å². The summed E-state index contributed by atoms with van der Waals surface area (Å²) in [6, 6.07) is 20.3. The number of piperazine rings is 1. The maximum absolute atomic E-state index is 14.7. The summed E-state index contributed by atoms with van der Waals surface area (Å²) < 4.78 is 5.74. The molecule has 5 rings (SSSR count). The molecule has 4 atom stereocenters. The molecule has 2 heterocycles. The maximum atomic E-state index is 14.7. The van der Waals surface area contributed by atoms with Crippen LogP contribution in [0.1, 0.15) is 63.6 Å². The third-order valence-corrected chi connectivity index (χ3v) is 9.62. The smallest absolute Gasteiger partial charge is 0.436 e. The zero-order valence-electron chi connectivity index (χ0n) is 31.0. The lowest BCUT2D eigenvalue weighted by Gasteiger charge is -2.53. The zero-order valence-corrected chi connectivity index (χ0v) is 31.0. The molecule has 0 aromatic heterocycles. The molecule has 2 aliphatic heterocycles. The van der Waals surface area contributed by atoms with Gasteiger partial charge in [-0.25, -0.2) is 4.79 Å². The minimum atomic E-state index is -1.14. The van der Waals surface area contributed by atoms with Gasteiger partial charge in [-0.2, -0.15) is 5.06 Å². The first kappa shape index (κ1) is 39.1. The number of hydrogen-bond acceptors (Lipinski definition) is 8. The number of rotatable bonds is 15. The topological polar surface area (TPSA) is 149 Å². The largest absolute Gasteiger partial charge is 0.508 e. The van der Waals surface area contributed by atoms with E-state index in [0.29, 0.717) is 30.9 Å². The van der Waals surface area contributed by atoms with Crippen molar-refractivity contribution in [1.29, 1.82) is 0 Å². The van der Waals surface area contributed by atoms with Crippen molar-refractivity contribution in [2.24, 2.45) is 11.8 Å². The molecule has 3 aromatic carbocycles. The van der Waals surface area contributed by atoms with Crippen LogP contribution < -0.4 is 5.32 Å². The van der Waals surface area contributed by atoms with Gasteiger partial charge in [0.15, 0.2) is 12.3 Å². The summed E-state index contributed by atoms with van der Waals surface area (Å²) in [6.45, 7) is 8.48. The van der Waals surface area contributed by atoms with Crippen LogP contribution in [0.5, 0.6) is 11.5 Å². The molecule has 0 aliphatic carbocycles. The molecule has 2 fully saturated rings. The highest BCUT2D eigenvalue weighted by atomic mass is 16.7. The number of nitrogens with zero attached hydrogens (tertiary/aromatic N) is 3. The molecule has 1 unspecified atom stereocenters. The highest BCUT2D eigenvalue weighted by Crippen LogP contribution is 2.33. The van der Waals surface area contributed by atoms with Crippen LogP contribution in [-0.2, 0) is 43.2 Å². The van der Waals surface area contributed by atoms with E-state index in [0.717, 1.165) is 29.0 Å². The zero-order chi connectivity index (χ0) is 38.1. The number of amides is 4. The summed E-state index contributed by atoms with van der Waals surface area (Å²) in [6.07, 6.45) is -0.402. The lowest BCUT2D eigenvalue weighted by molar-refractivity contribution is -0.267. The molecule has 0 radical (unpaired) electrons. The van der Waals surface area contributed by atoms with Gasteiger partial charge in [-0.1, -0.05) is 82.3 Å². The molecular weight excluding hydrogens is 676 g/mol. The second-order valence-electron chi connectivity index (χ2n) is 14.7. The Morgan fingerprint density at radius 1 is 0.830 bits per heavy atom. The molecule has 0 bridgehead atoms. The monoisotopic (exact) mass is 728 g/mol. The van der Waals surface area contributed by atoms with Crippen LogP contribution >= 0.6 is 0 Å². The molecule has 284 valence electrons. The minimum absolute atomic E-state index is 0.0121.